The van der Waals surface area contributed by atoms with Gasteiger partial charge in [0.1, 0.15) is 0 Å². The van der Waals surface area contributed by atoms with E-state index in [0.717, 1.165) is 30.4 Å². The molecule has 1 aromatic heterocycles. The molecule has 2 fully saturated rings. The fraction of sp³-hybridized carbons (Fsp3) is 0.421. The molecule has 3 aliphatic rings. The van der Waals surface area contributed by atoms with Crippen molar-refractivity contribution in [3.8, 4) is 0 Å². The third-order valence-corrected chi connectivity index (χ3v) is 6.59. The first-order chi connectivity index (χ1) is 12.6. The summed E-state index contributed by atoms with van der Waals surface area (Å²) in [6.07, 6.45) is 10.8. The van der Waals surface area contributed by atoms with Crippen molar-refractivity contribution in [3.63, 3.8) is 0 Å². The van der Waals surface area contributed by atoms with Crippen LogP contribution < -0.4 is 5.32 Å². The molecule has 0 spiro atoms. The maximum atomic E-state index is 13.4. The Hall–Kier alpha value is -1.96. The summed E-state index contributed by atoms with van der Waals surface area (Å²) >= 11 is 0.979. The summed E-state index contributed by atoms with van der Waals surface area (Å²) in [5.74, 6) is -0.315. The molecule has 0 bridgehead atoms. The van der Waals surface area contributed by atoms with Crippen LogP contribution in [0.2, 0.25) is 0 Å². The van der Waals surface area contributed by atoms with Crippen LogP contribution in [0.5, 0.6) is 0 Å². The van der Waals surface area contributed by atoms with Crippen molar-refractivity contribution in [2.75, 3.05) is 20.1 Å². The molecule has 2 aliphatic heterocycles. The predicted molar refractivity (Wildman–Crippen MR) is 99.7 cm³/mol. The van der Waals surface area contributed by atoms with Gasteiger partial charge in [-0.1, -0.05) is 30.4 Å². The largest absolute Gasteiger partial charge is 0.349 e. The normalized spacial score (nSPS) is 34.0. The number of carbonyl (C=O) groups excluding carboxylic acids is 2. The number of rotatable bonds is 4. The first-order valence-corrected chi connectivity index (χ1v) is 9.56. The molecule has 26 heavy (non-hydrogen) atoms. The van der Waals surface area contributed by atoms with Crippen molar-refractivity contribution < 1.29 is 14.3 Å². The van der Waals surface area contributed by atoms with Crippen LogP contribution in [0.15, 0.2) is 48.7 Å². The molecule has 2 amide bonds. The minimum absolute atomic E-state index is 0.120. The number of hydrogen-bond acceptors (Lipinski definition) is 6. The van der Waals surface area contributed by atoms with Crippen molar-refractivity contribution in [1.29, 1.82) is 0 Å². The smallest absolute Gasteiger partial charge is 0.291 e. The molecule has 7 heteroatoms. The molecule has 3 heterocycles. The lowest BCUT2D eigenvalue weighted by Crippen LogP contribution is -2.57. The van der Waals surface area contributed by atoms with E-state index in [-0.39, 0.29) is 17.3 Å². The Morgan fingerprint density at radius 2 is 2.23 bits per heavy atom. The van der Waals surface area contributed by atoms with Gasteiger partial charge in [0, 0.05) is 19.8 Å². The Kier molecular flexibility index (Phi) is 4.46. The van der Waals surface area contributed by atoms with Gasteiger partial charge in [-0.3, -0.25) is 19.5 Å². The highest BCUT2D eigenvalue weighted by molar-refractivity contribution is 8.16. The van der Waals surface area contributed by atoms with Gasteiger partial charge in [0.2, 0.25) is 4.93 Å². The summed E-state index contributed by atoms with van der Waals surface area (Å²) in [5, 5.41) is 2.97. The fourth-order valence-corrected chi connectivity index (χ4v) is 5.13. The van der Waals surface area contributed by atoms with Crippen molar-refractivity contribution in [3.05, 3.63) is 54.4 Å². The van der Waals surface area contributed by atoms with E-state index in [9.17, 15) is 9.59 Å². The zero-order valence-corrected chi connectivity index (χ0v) is 15.4. The van der Waals surface area contributed by atoms with E-state index in [1.54, 1.807) is 6.20 Å². The van der Waals surface area contributed by atoms with Crippen LogP contribution in [-0.4, -0.2) is 52.2 Å². The number of hydrogen-bond donors (Lipinski definition) is 1. The molecule has 2 saturated heterocycles. The molecule has 1 aromatic rings. The highest BCUT2D eigenvalue weighted by atomic mass is 32.2. The van der Waals surface area contributed by atoms with Gasteiger partial charge in [-0.2, -0.15) is 0 Å². The quantitative estimate of drug-likeness (QED) is 0.875. The van der Waals surface area contributed by atoms with Gasteiger partial charge in [0.05, 0.1) is 17.2 Å². The zero-order valence-electron chi connectivity index (χ0n) is 14.6. The van der Waals surface area contributed by atoms with Gasteiger partial charge < -0.3 is 10.1 Å². The Morgan fingerprint density at radius 1 is 1.35 bits per heavy atom. The molecule has 0 radical (unpaired) electrons. The lowest BCUT2D eigenvalue weighted by Gasteiger charge is -2.44. The minimum Gasteiger partial charge on any atom is -0.349 e. The Morgan fingerprint density at radius 3 is 2.81 bits per heavy atom. The third-order valence-electron chi connectivity index (χ3n) is 5.22. The lowest BCUT2D eigenvalue weighted by molar-refractivity contribution is -0.151. The maximum absolute atomic E-state index is 13.4. The van der Waals surface area contributed by atoms with E-state index < -0.39 is 10.3 Å². The van der Waals surface area contributed by atoms with Crippen LogP contribution in [0.25, 0.3) is 0 Å². The summed E-state index contributed by atoms with van der Waals surface area (Å²) in [5.41, 5.74) is -0.108. The Labute approximate surface area is 156 Å². The standard InChI is InChI=1S/C19H21N3O3S/c1-22-16(23)19(26-17(22)24,25-14-8-12-20-13-14)18(9-4-2-5-10-18)15-7-3-6-11-21-15/h2-7,9,11,14,20H,8,10,12-13H2,1H3/t14-,18?,19?/m1/s1. The summed E-state index contributed by atoms with van der Waals surface area (Å²) in [6, 6.07) is 5.64. The van der Waals surface area contributed by atoms with Crippen molar-refractivity contribution >= 4 is 22.9 Å². The van der Waals surface area contributed by atoms with Crippen molar-refractivity contribution in [2.45, 2.75) is 29.3 Å². The topological polar surface area (TPSA) is 71.5 Å². The second-order valence-electron chi connectivity index (χ2n) is 6.76. The SMILES string of the molecule is CN1C(=O)SC(O[C@@H]2CCNC2)(C2(c3ccccn3)C=CC=CC2)C1=O. The van der Waals surface area contributed by atoms with Crippen LogP contribution in [0.1, 0.15) is 18.5 Å². The van der Waals surface area contributed by atoms with Gasteiger partial charge in [0.15, 0.2) is 0 Å². The van der Waals surface area contributed by atoms with E-state index in [2.05, 4.69) is 10.3 Å². The van der Waals surface area contributed by atoms with Gasteiger partial charge >= 0.3 is 0 Å². The molecule has 3 atom stereocenters. The number of carbonyl (C=O) groups is 2. The number of amides is 2. The summed E-state index contributed by atoms with van der Waals surface area (Å²) in [7, 11) is 1.52. The molecular formula is C19H21N3O3S. The molecule has 0 aromatic carbocycles. The van der Waals surface area contributed by atoms with E-state index in [1.165, 1.54) is 11.9 Å². The molecule has 136 valence electrons. The van der Waals surface area contributed by atoms with Crippen molar-refractivity contribution in [1.82, 2.24) is 15.2 Å². The van der Waals surface area contributed by atoms with E-state index in [0.29, 0.717) is 13.0 Å². The fourth-order valence-electron chi connectivity index (χ4n) is 3.81. The number of nitrogens with zero attached hydrogens (tertiary/aromatic N) is 2. The minimum atomic E-state index is -1.36. The summed E-state index contributed by atoms with van der Waals surface area (Å²) in [6.45, 7) is 1.51. The number of thioether (sulfide) groups is 1. The molecule has 0 saturated carbocycles. The first kappa shape index (κ1) is 17.5. The van der Waals surface area contributed by atoms with Crippen LogP contribution in [0, 0.1) is 0 Å². The molecule has 6 nitrogen and oxygen atoms in total. The molecule has 1 N–H and O–H groups in total. The lowest BCUT2D eigenvalue weighted by atomic mass is 9.72. The monoisotopic (exact) mass is 371 g/mol. The number of likely N-dealkylation sites (N-methyl/N-ethyl adjacent to an activating group) is 1. The number of nitrogens with one attached hydrogen (secondary N) is 1. The van der Waals surface area contributed by atoms with Crippen LogP contribution in [-0.2, 0) is 14.9 Å². The maximum Gasteiger partial charge on any atom is 0.291 e. The Bertz CT molecular complexity index is 775. The van der Waals surface area contributed by atoms with E-state index in [4.69, 9.17) is 4.74 Å². The second kappa shape index (κ2) is 6.64. The molecular weight excluding hydrogens is 350 g/mol. The molecule has 2 unspecified atom stereocenters. The van der Waals surface area contributed by atoms with Crippen LogP contribution in [0.3, 0.4) is 0 Å². The van der Waals surface area contributed by atoms with E-state index in [1.807, 2.05) is 42.5 Å². The second-order valence-corrected chi connectivity index (χ2v) is 7.89. The highest BCUT2D eigenvalue weighted by Crippen LogP contribution is 2.55. The van der Waals surface area contributed by atoms with Crippen molar-refractivity contribution in [2.24, 2.45) is 0 Å². The average molecular weight is 371 g/mol. The first-order valence-electron chi connectivity index (χ1n) is 8.75. The van der Waals surface area contributed by atoms with Gasteiger partial charge in [-0.05, 0) is 43.3 Å². The highest BCUT2D eigenvalue weighted by Gasteiger charge is 2.66. The van der Waals surface area contributed by atoms with Crippen LogP contribution >= 0.6 is 11.8 Å². The molecule has 4 rings (SSSR count). The van der Waals surface area contributed by atoms with Gasteiger partial charge in [-0.25, -0.2) is 0 Å². The Balaban J connectivity index is 1.88. The zero-order chi connectivity index (χ0) is 18.2. The number of pyridine rings is 1. The van der Waals surface area contributed by atoms with Gasteiger partial charge in [0.25, 0.3) is 11.1 Å². The average Bonchev–Trinajstić information content (AvgIpc) is 3.27. The van der Waals surface area contributed by atoms with Crippen LogP contribution in [0.4, 0.5) is 4.79 Å². The number of ether oxygens (including phenoxy) is 1. The third kappa shape index (κ3) is 2.53. The summed E-state index contributed by atoms with van der Waals surface area (Å²) < 4.78 is 6.47. The molecule has 1 aliphatic carbocycles. The van der Waals surface area contributed by atoms with Gasteiger partial charge in [-0.15, -0.1) is 0 Å². The number of aromatic nitrogens is 1. The predicted octanol–water partition coefficient (Wildman–Crippen LogP) is 2.24. The number of allylic oxidation sites excluding steroid dienone is 3. The summed E-state index contributed by atoms with van der Waals surface area (Å²) in [4.78, 5) is 30.2. The van der Waals surface area contributed by atoms with E-state index >= 15 is 0 Å². The number of imide groups is 1.